The van der Waals surface area contributed by atoms with Crippen LogP contribution in [0.15, 0.2) is 12.1 Å². The average molecular weight is 263 g/mol. The molecule has 2 rings (SSSR count). The summed E-state index contributed by atoms with van der Waals surface area (Å²) in [5.74, 6) is 1.03. The van der Waals surface area contributed by atoms with Crippen molar-refractivity contribution in [1.82, 2.24) is 9.88 Å². The van der Waals surface area contributed by atoms with E-state index in [-0.39, 0.29) is 12.6 Å². The topological polar surface area (TPSA) is 39.6 Å². The minimum Gasteiger partial charge on any atom is -0.394 e. The van der Waals surface area contributed by atoms with Crippen molar-refractivity contribution < 1.29 is 5.11 Å². The van der Waals surface area contributed by atoms with Crippen LogP contribution in [0.25, 0.3) is 0 Å². The van der Waals surface area contributed by atoms with Gasteiger partial charge in [-0.05, 0) is 32.4 Å². The molecule has 0 aromatic carbocycles. The fourth-order valence-corrected chi connectivity index (χ4v) is 2.74. The van der Waals surface area contributed by atoms with E-state index in [9.17, 15) is 5.11 Å². The summed E-state index contributed by atoms with van der Waals surface area (Å²) in [7, 11) is 2.04. The lowest BCUT2D eigenvalue weighted by molar-refractivity contribution is 0.210. The molecule has 1 unspecified atom stereocenters. The second kappa shape index (κ2) is 6.35. The lowest BCUT2D eigenvalue weighted by atomic mass is 10.1. The van der Waals surface area contributed by atoms with Gasteiger partial charge in [0.25, 0.3) is 0 Å². The van der Waals surface area contributed by atoms with E-state index in [1.54, 1.807) is 0 Å². The number of likely N-dealkylation sites (N-methyl/N-ethyl adjacent to an activating group) is 1. The van der Waals surface area contributed by atoms with Crippen LogP contribution in [-0.4, -0.2) is 47.8 Å². The Bertz CT molecular complexity index is 422. The van der Waals surface area contributed by atoms with Crippen molar-refractivity contribution in [1.29, 1.82) is 0 Å². The van der Waals surface area contributed by atoms with Crippen molar-refractivity contribution in [2.24, 2.45) is 0 Å². The zero-order chi connectivity index (χ0) is 13.8. The second-order valence-corrected chi connectivity index (χ2v) is 5.45. The number of anilines is 1. The highest BCUT2D eigenvalue weighted by Crippen LogP contribution is 2.24. The Kier molecular flexibility index (Phi) is 4.77. The normalized spacial score (nSPS) is 20.8. The Hall–Kier alpha value is -1.13. The fourth-order valence-electron chi connectivity index (χ4n) is 2.74. The first kappa shape index (κ1) is 14.3. The number of aliphatic hydroxyl groups is 1. The number of aryl methyl sites for hydroxylation is 1. The third kappa shape index (κ3) is 3.25. The summed E-state index contributed by atoms with van der Waals surface area (Å²) in [6, 6.07) is 4.41. The van der Waals surface area contributed by atoms with Crippen molar-refractivity contribution in [2.75, 3.05) is 31.6 Å². The maximum Gasteiger partial charge on any atom is 0.133 e. The Morgan fingerprint density at radius 2 is 2.21 bits per heavy atom. The van der Waals surface area contributed by atoms with Crippen LogP contribution in [-0.2, 0) is 6.54 Å². The molecule has 0 bridgehead atoms. The number of aromatic nitrogens is 1. The molecule has 106 valence electrons. The molecule has 4 heteroatoms. The standard InChI is InChI=1S/C15H25N3O/c1-4-8-18-9-7-14(11-19)17(3)15-13(10-18)6-5-12(2)16-15/h5-6,14,19H,4,7-11H2,1-3H3. The van der Waals surface area contributed by atoms with Gasteiger partial charge in [-0.25, -0.2) is 4.98 Å². The van der Waals surface area contributed by atoms with Crippen LogP contribution in [0.2, 0.25) is 0 Å². The van der Waals surface area contributed by atoms with E-state index < -0.39 is 0 Å². The first-order valence-corrected chi connectivity index (χ1v) is 7.18. The molecular weight excluding hydrogens is 238 g/mol. The molecule has 0 saturated heterocycles. The second-order valence-electron chi connectivity index (χ2n) is 5.45. The number of fused-ring (bicyclic) bond motifs is 1. The number of pyridine rings is 1. The number of aliphatic hydroxyl groups excluding tert-OH is 1. The largest absolute Gasteiger partial charge is 0.394 e. The summed E-state index contributed by atoms with van der Waals surface area (Å²) in [5, 5.41) is 9.60. The third-order valence-corrected chi connectivity index (χ3v) is 3.90. The molecule has 4 nitrogen and oxygen atoms in total. The average Bonchev–Trinajstić information content (AvgIpc) is 2.39. The van der Waals surface area contributed by atoms with Crippen molar-refractivity contribution >= 4 is 5.82 Å². The Labute approximate surface area is 116 Å². The van der Waals surface area contributed by atoms with Gasteiger partial charge in [0.1, 0.15) is 5.82 Å². The van der Waals surface area contributed by atoms with Gasteiger partial charge in [-0.3, -0.25) is 4.90 Å². The highest BCUT2D eigenvalue weighted by molar-refractivity contribution is 5.48. The van der Waals surface area contributed by atoms with Crippen molar-refractivity contribution in [3.05, 3.63) is 23.4 Å². The van der Waals surface area contributed by atoms with Crippen LogP contribution in [0.5, 0.6) is 0 Å². The smallest absolute Gasteiger partial charge is 0.133 e. The van der Waals surface area contributed by atoms with Gasteiger partial charge in [-0.2, -0.15) is 0 Å². The Morgan fingerprint density at radius 3 is 2.89 bits per heavy atom. The zero-order valence-electron chi connectivity index (χ0n) is 12.3. The van der Waals surface area contributed by atoms with Gasteiger partial charge >= 0.3 is 0 Å². The van der Waals surface area contributed by atoms with E-state index >= 15 is 0 Å². The van der Waals surface area contributed by atoms with Crippen LogP contribution >= 0.6 is 0 Å². The monoisotopic (exact) mass is 263 g/mol. The lowest BCUT2D eigenvalue weighted by Gasteiger charge is -2.35. The molecule has 2 heterocycles. The molecule has 0 saturated carbocycles. The summed E-state index contributed by atoms with van der Waals surface area (Å²) in [5.41, 5.74) is 2.30. The van der Waals surface area contributed by atoms with E-state index in [1.165, 1.54) is 5.56 Å². The van der Waals surface area contributed by atoms with Gasteiger partial charge in [0, 0.05) is 31.4 Å². The third-order valence-electron chi connectivity index (χ3n) is 3.90. The molecule has 0 amide bonds. The molecule has 1 aliphatic heterocycles. The Balaban J connectivity index is 2.34. The summed E-state index contributed by atoms with van der Waals surface area (Å²) >= 11 is 0. The van der Waals surface area contributed by atoms with Gasteiger partial charge in [-0.1, -0.05) is 13.0 Å². The molecule has 1 N–H and O–H groups in total. The van der Waals surface area contributed by atoms with Gasteiger partial charge in [0.05, 0.1) is 12.6 Å². The summed E-state index contributed by atoms with van der Waals surface area (Å²) in [4.78, 5) is 9.29. The Morgan fingerprint density at radius 1 is 1.42 bits per heavy atom. The van der Waals surface area contributed by atoms with Crippen LogP contribution in [0, 0.1) is 6.92 Å². The summed E-state index contributed by atoms with van der Waals surface area (Å²) in [6.45, 7) is 7.52. The molecule has 1 aromatic rings. The molecule has 1 aromatic heterocycles. The van der Waals surface area contributed by atoms with Crippen LogP contribution < -0.4 is 4.90 Å². The quantitative estimate of drug-likeness (QED) is 0.903. The minimum atomic E-state index is 0.160. The minimum absolute atomic E-state index is 0.160. The van der Waals surface area contributed by atoms with Gasteiger partial charge < -0.3 is 10.0 Å². The van der Waals surface area contributed by atoms with Crippen molar-refractivity contribution in [2.45, 2.75) is 39.3 Å². The SMILES string of the molecule is CCCN1CCC(CO)N(C)c2nc(C)ccc2C1. The number of rotatable bonds is 3. The molecule has 1 atom stereocenters. The van der Waals surface area contributed by atoms with E-state index in [0.717, 1.165) is 44.0 Å². The fraction of sp³-hybridized carbons (Fsp3) is 0.667. The molecule has 0 aliphatic carbocycles. The maximum absolute atomic E-state index is 9.60. The highest BCUT2D eigenvalue weighted by atomic mass is 16.3. The first-order valence-electron chi connectivity index (χ1n) is 7.18. The number of hydrogen-bond donors (Lipinski definition) is 1. The van der Waals surface area contributed by atoms with Gasteiger partial charge in [-0.15, -0.1) is 0 Å². The predicted octanol–water partition coefficient (Wildman–Crippen LogP) is 1.80. The van der Waals surface area contributed by atoms with E-state index in [0.29, 0.717) is 0 Å². The van der Waals surface area contributed by atoms with Gasteiger partial charge in [0.2, 0.25) is 0 Å². The molecule has 0 fully saturated rings. The van der Waals surface area contributed by atoms with Crippen molar-refractivity contribution in [3.63, 3.8) is 0 Å². The van der Waals surface area contributed by atoms with E-state index in [2.05, 4.69) is 33.8 Å². The molecular formula is C15H25N3O. The molecule has 19 heavy (non-hydrogen) atoms. The zero-order valence-corrected chi connectivity index (χ0v) is 12.3. The van der Waals surface area contributed by atoms with Crippen LogP contribution in [0.3, 0.4) is 0 Å². The summed E-state index contributed by atoms with van der Waals surface area (Å²) < 4.78 is 0. The van der Waals surface area contributed by atoms with Crippen molar-refractivity contribution in [3.8, 4) is 0 Å². The maximum atomic E-state index is 9.60. The first-order chi connectivity index (χ1) is 9.15. The van der Waals surface area contributed by atoms with Gasteiger partial charge in [0.15, 0.2) is 0 Å². The molecule has 0 spiro atoms. The number of nitrogens with zero attached hydrogens (tertiary/aromatic N) is 3. The highest BCUT2D eigenvalue weighted by Gasteiger charge is 2.23. The summed E-state index contributed by atoms with van der Waals surface area (Å²) in [6.07, 6.45) is 2.15. The van der Waals surface area contributed by atoms with Crippen LogP contribution in [0.4, 0.5) is 5.82 Å². The van der Waals surface area contributed by atoms with Crippen LogP contribution in [0.1, 0.15) is 31.0 Å². The number of hydrogen-bond acceptors (Lipinski definition) is 4. The molecule has 0 radical (unpaired) electrons. The lowest BCUT2D eigenvalue weighted by Crippen LogP contribution is -2.42. The van der Waals surface area contributed by atoms with E-state index in [4.69, 9.17) is 0 Å². The predicted molar refractivity (Wildman–Crippen MR) is 78.4 cm³/mol. The molecule has 1 aliphatic rings. The van der Waals surface area contributed by atoms with E-state index in [1.807, 2.05) is 14.0 Å².